The van der Waals surface area contributed by atoms with E-state index in [9.17, 15) is 9.18 Å². The summed E-state index contributed by atoms with van der Waals surface area (Å²) in [5.41, 5.74) is 11.0. The first-order valence-corrected chi connectivity index (χ1v) is 6.05. The Kier molecular flexibility index (Phi) is 5.04. The Morgan fingerprint density at radius 1 is 1.45 bits per heavy atom. The summed E-state index contributed by atoms with van der Waals surface area (Å²) in [6.07, 6.45) is 0. The molecular formula is C13H19FN4O2. The van der Waals surface area contributed by atoms with Crippen molar-refractivity contribution in [3.8, 4) is 0 Å². The standard InChI is InChI=1S/C13H19FN4O2/c1-13(2,12(16)19)7-17-6-8-3-4-9(14)5-10(8)11(15)18-20/h3-5,17,20H,6-7H2,1-2H3,(H2,15,18)(H2,16,19). The number of rotatable bonds is 6. The molecule has 1 amide bonds. The maximum Gasteiger partial charge on any atom is 0.224 e. The SMILES string of the molecule is CC(C)(CNCc1ccc(F)cc1/C(N)=N/O)C(N)=O. The first-order chi connectivity index (χ1) is 9.27. The third kappa shape index (κ3) is 3.92. The first kappa shape index (κ1) is 15.9. The van der Waals surface area contributed by atoms with Gasteiger partial charge in [0.15, 0.2) is 5.84 Å². The van der Waals surface area contributed by atoms with E-state index < -0.39 is 17.1 Å². The summed E-state index contributed by atoms with van der Waals surface area (Å²) >= 11 is 0. The molecule has 6 N–H and O–H groups in total. The molecule has 6 nitrogen and oxygen atoms in total. The Labute approximate surface area is 116 Å². The molecule has 0 spiro atoms. The van der Waals surface area contributed by atoms with Gasteiger partial charge in [-0.2, -0.15) is 0 Å². The highest BCUT2D eigenvalue weighted by Gasteiger charge is 2.24. The quantitative estimate of drug-likeness (QED) is 0.263. The molecule has 7 heteroatoms. The van der Waals surface area contributed by atoms with Crippen LogP contribution in [0.1, 0.15) is 25.0 Å². The Morgan fingerprint density at radius 2 is 2.10 bits per heavy atom. The first-order valence-electron chi connectivity index (χ1n) is 6.05. The average Bonchev–Trinajstić information content (AvgIpc) is 2.39. The molecule has 0 radical (unpaired) electrons. The lowest BCUT2D eigenvalue weighted by atomic mass is 9.92. The topological polar surface area (TPSA) is 114 Å². The summed E-state index contributed by atoms with van der Waals surface area (Å²) in [4.78, 5) is 11.2. The molecule has 0 heterocycles. The number of nitrogens with one attached hydrogen (secondary N) is 1. The van der Waals surface area contributed by atoms with E-state index in [4.69, 9.17) is 16.7 Å². The van der Waals surface area contributed by atoms with Crippen LogP contribution < -0.4 is 16.8 Å². The lowest BCUT2D eigenvalue weighted by Gasteiger charge is -2.21. The highest BCUT2D eigenvalue weighted by Crippen LogP contribution is 2.14. The van der Waals surface area contributed by atoms with Gasteiger partial charge in [-0.3, -0.25) is 4.79 Å². The molecule has 0 fully saturated rings. The van der Waals surface area contributed by atoms with Crippen molar-refractivity contribution in [2.45, 2.75) is 20.4 Å². The van der Waals surface area contributed by atoms with Crippen molar-refractivity contribution in [3.05, 3.63) is 35.1 Å². The number of amides is 1. The number of hydrogen-bond acceptors (Lipinski definition) is 4. The number of oxime groups is 1. The van der Waals surface area contributed by atoms with Crippen molar-refractivity contribution in [3.63, 3.8) is 0 Å². The molecule has 1 rings (SSSR count). The fraction of sp³-hybridized carbons (Fsp3) is 0.385. The van der Waals surface area contributed by atoms with E-state index >= 15 is 0 Å². The fourth-order valence-electron chi connectivity index (χ4n) is 1.59. The summed E-state index contributed by atoms with van der Waals surface area (Å²) < 4.78 is 13.2. The molecule has 1 aromatic carbocycles. The number of benzene rings is 1. The number of carbonyl (C=O) groups is 1. The third-order valence-electron chi connectivity index (χ3n) is 3.01. The van der Waals surface area contributed by atoms with Crippen molar-refractivity contribution in [2.75, 3.05) is 6.54 Å². The third-order valence-corrected chi connectivity index (χ3v) is 3.01. The van der Waals surface area contributed by atoms with Gasteiger partial charge in [-0.15, -0.1) is 0 Å². The molecule has 110 valence electrons. The lowest BCUT2D eigenvalue weighted by molar-refractivity contribution is -0.125. The van der Waals surface area contributed by atoms with Crippen LogP contribution in [0.5, 0.6) is 0 Å². The number of hydrogen-bond donors (Lipinski definition) is 4. The lowest BCUT2D eigenvalue weighted by Crippen LogP contribution is -2.40. The summed E-state index contributed by atoms with van der Waals surface area (Å²) in [7, 11) is 0. The largest absolute Gasteiger partial charge is 0.409 e. The maximum atomic E-state index is 13.2. The van der Waals surface area contributed by atoms with Gasteiger partial charge in [0.1, 0.15) is 5.82 Å². The second-order valence-electron chi connectivity index (χ2n) is 5.14. The molecular weight excluding hydrogens is 263 g/mol. The van der Waals surface area contributed by atoms with Gasteiger partial charge < -0.3 is 22.0 Å². The normalized spacial score (nSPS) is 12.4. The van der Waals surface area contributed by atoms with Crippen LogP contribution in [0, 0.1) is 11.2 Å². The number of nitrogens with zero attached hydrogens (tertiary/aromatic N) is 1. The van der Waals surface area contributed by atoms with E-state index in [0.29, 0.717) is 24.2 Å². The molecule has 1 aromatic rings. The van der Waals surface area contributed by atoms with Crippen molar-refractivity contribution in [2.24, 2.45) is 22.0 Å². The molecule has 0 aliphatic rings. The van der Waals surface area contributed by atoms with Gasteiger partial charge >= 0.3 is 0 Å². The fourth-order valence-corrected chi connectivity index (χ4v) is 1.59. The Hall–Kier alpha value is -2.15. The van der Waals surface area contributed by atoms with Crippen LogP contribution in [0.4, 0.5) is 4.39 Å². The molecule has 0 aliphatic heterocycles. The predicted molar refractivity (Wildman–Crippen MR) is 73.6 cm³/mol. The van der Waals surface area contributed by atoms with Crippen molar-refractivity contribution < 1.29 is 14.4 Å². The van der Waals surface area contributed by atoms with E-state index in [0.717, 1.165) is 0 Å². The molecule has 0 saturated heterocycles. The molecule has 20 heavy (non-hydrogen) atoms. The molecule has 0 aliphatic carbocycles. The number of carbonyl (C=O) groups excluding carboxylic acids is 1. The van der Waals surface area contributed by atoms with Gasteiger partial charge in [0, 0.05) is 18.7 Å². The summed E-state index contributed by atoms with van der Waals surface area (Å²) in [5, 5.41) is 14.6. The monoisotopic (exact) mass is 282 g/mol. The van der Waals surface area contributed by atoms with Gasteiger partial charge in [-0.1, -0.05) is 11.2 Å². The summed E-state index contributed by atoms with van der Waals surface area (Å²) in [6, 6.07) is 4.00. The van der Waals surface area contributed by atoms with Gasteiger partial charge in [0.05, 0.1) is 5.41 Å². The molecule has 0 atom stereocenters. The Balaban J connectivity index is 2.81. The van der Waals surface area contributed by atoms with Crippen LogP contribution in [-0.4, -0.2) is 23.5 Å². The maximum absolute atomic E-state index is 13.2. The van der Waals surface area contributed by atoms with Crippen molar-refractivity contribution >= 4 is 11.7 Å². The molecule has 0 saturated carbocycles. The van der Waals surface area contributed by atoms with E-state index in [1.54, 1.807) is 13.8 Å². The van der Waals surface area contributed by atoms with Crippen LogP contribution in [0.15, 0.2) is 23.4 Å². The minimum atomic E-state index is -0.698. The summed E-state index contributed by atoms with van der Waals surface area (Å²) in [5.74, 6) is -1.07. The number of amidine groups is 1. The van der Waals surface area contributed by atoms with E-state index in [1.165, 1.54) is 18.2 Å². The molecule has 0 unspecified atom stereocenters. The number of primary amides is 1. The highest BCUT2D eigenvalue weighted by atomic mass is 19.1. The Bertz CT molecular complexity index is 529. The van der Waals surface area contributed by atoms with Crippen LogP contribution in [0.2, 0.25) is 0 Å². The summed E-state index contributed by atoms with van der Waals surface area (Å²) in [6.45, 7) is 4.13. The van der Waals surface area contributed by atoms with Crippen molar-refractivity contribution in [1.29, 1.82) is 0 Å². The van der Waals surface area contributed by atoms with Crippen molar-refractivity contribution in [1.82, 2.24) is 5.32 Å². The second kappa shape index (κ2) is 6.33. The molecule has 0 aromatic heterocycles. The number of halogens is 1. The van der Waals surface area contributed by atoms with Crippen LogP contribution in [0.3, 0.4) is 0 Å². The van der Waals surface area contributed by atoms with E-state index in [1.807, 2.05) is 0 Å². The van der Waals surface area contributed by atoms with E-state index in [-0.39, 0.29) is 5.84 Å². The van der Waals surface area contributed by atoms with Gasteiger partial charge in [0.2, 0.25) is 5.91 Å². The van der Waals surface area contributed by atoms with Crippen LogP contribution in [-0.2, 0) is 11.3 Å². The van der Waals surface area contributed by atoms with Crippen LogP contribution in [0.25, 0.3) is 0 Å². The van der Waals surface area contributed by atoms with Crippen LogP contribution >= 0.6 is 0 Å². The van der Waals surface area contributed by atoms with E-state index in [2.05, 4.69) is 10.5 Å². The highest BCUT2D eigenvalue weighted by molar-refractivity contribution is 5.98. The number of nitrogens with two attached hydrogens (primary N) is 2. The minimum absolute atomic E-state index is 0.171. The Morgan fingerprint density at radius 3 is 2.65 bits per heavy atom. The smallest absolute Gasteiger partial charge is 0.224 e. The zero-order valence-electron chi connectivity index (χ0n) is 11.5. The minimum Gasteiger partial charge on any atom is -0.409 e. The molecule has 0 bridgehead atoms. The second-order valence-corrected chi connectivity index (χ2v) is 5.14. The zero-order valence-corrected chi connectivity index (χ0v) is 11.5. The average molecular weight is 282 g/mol. The predicted octanol–water partition coefficient (Wildman–Crippen LogP) is 0.521. The zero-order chi connectivity index (χ0) is 15.3. The van der Waals surface area contributed by atoms with Gasteiger partial charge in [-0.05, 0) is 31.5 Å². The van der Waals surface area contributed by atoms with Gasteiger partial charge in [0.25, 0.3) is 0 Å². The van der Waals surface area contributed by atoms with Gasteiger partial charge in [-0.25, -0.2) is 4.39 Å².